The van der Waals surface area contributed by atoms with Crippen molar-refractivity contribution in [1.29, 1.82) is 0 Å². The van der Waals surface area contributed by atoms with Crippen molar-refractivity contribution in [3.8, 4) is 5.75 Å². The molecule has 1 N–H and O–H groups in total. The molecule has 0 heterocycles. The van der Waals surface area contributed by atoms with Crippen LogP contribution in [0.5, 0.6) is 5.75 Å². The lowest BCUT2D eigenvalue weighted by Gasteiger charge is -2.32. The quantitative estimate of drug-likeness (QED) is 0.421. The van der Waals surface area contributed by atoms with Crippen molar-refractivity contribution in [3.05, 3.63) is 60.2 Å². The molecular weight excluding hydrogens is 490 g/mol. The largest absolute Gasteiger partial charge is 0.497 e. The van der Waals surface area contributed by atoms with Crippen LogP contribution in [0.3, 0.4) is 0 Å². The Kier molecular flexibility index (Phi) is 10.4. The minimum Gasteiger partial charge on any atom is -0.497 e. The summed E-state index contributed by atoms with van der Waals surface area (Å²) in [5, 5.41) is 3.14. The van der Waals surface area contributed by atoms with Gasteiger partial charge < -0.3 is 15.0 Å². The zero-order chi connectivity index (χ0) is 26.8. The number of nitrogens with zero attached hydrogens (tertiary/aromatic N) is 2. The summed E-state index contributed by atoms with van der Waals surface area (Å²) < 4.78 is 31.5. The summed E-state index contributed by atoms with van der Waals surface area (Å²) in [5.74, 6) is 0.366. The summed E-state index contributed by atoms with van der Waals surface area (Å²) in [5.41, 5.74) is 1.43. The zero-order valence-electron chi connectivity index (χ0n) is 22.1. The van der Waals surface area contributed by atoms with E-state index in [1.165, 1.54) is 4.31 Å². The van der Waals surface area contributed by atoms with Crippen LogP contribution in [0, 0.1) is 0 Å². The first-order chi connectivity index (χ1) is 17.7. The molecule has 3 rings (SSSR count). The molecule has 1 atom stereocenters. The fourth-order valence-electron chi connectivity index (χ4n) is 4.85. The summed E-state index contributed by atoms with van der Waals surface area (Å²) in [6.07, 6.45) is 6.23. The minimum absolute atomic E-state index is 0.121. The van der Waals surface area contributed by atoms with Gasteiger partial charge in [0.15, 0.2) is 0 Å². The molecule has 1 saturated carbocycles. The predicted octanol–water partition coefficient (Wildman–Crippen LogP) is 4.11. The third-order valence-electron chi connectivity index (χ3n) is 6.77. The molecule has 0 aromatic heterocycles. The van der Waals surface area contributed by atoms with Crippen LogP contribution in [0.2, 0.25) is 0 Å². The smallest absolute Gasteiger partial charge is 0.243 e. The number of hydrogen-bond donors (Lipinski definition) is 1. The molecule has 0 bridgehead atoms. The van der Waals surface area contributed by atoms with E-state index in [-0.39, 0.29) is 37.4 Å². The molecule has 1 fully saturated rings. The van der Waals surface area contributed by atoms with Gasteiger partial charge in [0.05, 0.1) is 19.1 Å². The molecule has 2 aromatic carbocycles. The Hall–Kier alpha value is -3.07. The van der Waals surface area contributed by atoms with E-state index < -0.39 is 16.1 Å². The summed E-state index contributed by atoms with van der Waals surface area (Å²) in [4.78, 5) is 28.5. The first kappa shape index (κ1) is 28.5. The van der Waals surface area contributed by atoms with Crippen LogP contribution in [-0.2, 0) is 26.2 Å². The molecular formula is C28H39N3O5S. The van der Waals surface area contributed by atoms with Gasteiger partial charge in [-0.05, 0) is 55.5 Å². The standard InChI is InChI=1S/C28H39N3O5S/c1-4-26(28(33)29-23-13-8-9-14-23)30(21-22-12-10-17-25(20-22)36-2)27(32)18-11-19-31(37(3,34)35)24-15-6-5-7-16-24/h5-7,10,12,15-17,20,23,26H,4,8-9,11,13-14,18-19,21H2,1-3H3,(H,29,33). The van der Waals surface area contributed by atoms with Crippen LogP contribution in [-0.4, -0.2) is 57.1 Å². The highest BCUT2D eigenvalue weighted by Gasteiger charge is 2.30. The fraction of sp³-hybridized carbons (Fsp3) is 0.500. The van der Waals surface area contributed by atoms with E-state index in [9.17, 15) is 18.0 Å². The highest BCUT2D eigenvalue weighted by Crippen LogP contribution is 2.22. The Bertz CT molecular complexity index is 1130. The Morgan fingerprint density at radius 3 is 2.41 bits per heavy atom. The van der Waals surface area contributed by atoms with Gasteiger partial charge in [0.25, 0.3) is 0 Å². The molecule has 0 aliphatic heterocycles. The van der Waals surface area contributed by atoms with Crippen molar-refractivity contribution >= 4 is 27.5 Å². The van der Waals surface area contributed by atoms with E-state index in [1.54, 1.807) is 36.3 Å². The number of hydrogen-bond acceptors (Lipinski definition) is 5. The number of anilines is 1. The van der Waals surface area contributed by atoms with Crippen LogP contribution in [0.4, 0.5) is 5.69 Å². The van der Waals surface area contributed by atoms with E-state index in [0.717, 1.165) is 37.5 Å². The number of amides is 2. The van der Waals surface area contributed by atoms with E-state index in [1.807, 2.05) is 37.3 Å². The monoisotopic (exact) mass is 529 g/mol. The van der Waals surface area contributed by atoms with Gasteiger partial charge in [-0.3, -0.25) is 13.9 Å². The number of carbonyl (C=O) groups excluding carboxylic acids is 2. The summed E-state index contributed by atoms with van der Waals surface area (Å²) in [6, 6.07) is 15.9. The van der Waals surface area contributed by atoms with Crippen LogP contribution < -0.4 is 14.4 Å². The molecule has 0 spiro atoms. The topological polar surface area (TPSA) is 96.0 Å². The van der Waals surface area contributed by atoms with Crippen LogP contribution in [0.15, 0.2) is 54.6 Å². The van der Waals surface area contributed by atoms with Crippen LogP contribution >= 0.6 is 0 Å². The van der Waals surface area contributed by atoms with Crippen LogP contribution in [0.25, 0.3) is 0 Å². The number of ether oxygens (including phenoxy) is 1. The Labute approximate surface area is 221 Å². The number of nitrogens with one attached hydrogen (secondary N) is 1. The SMILES string of the molecule is CCC(C(=O)NC1CCCC1)N(Cc1cccc(OC)c1)C(=O)CCCN(c1ccccc1)S(C)(=O)=O. The number of para-hydroxylation sites is 1. The maximum atomic E-state index is 13.6. The van der Waals surface area contributed by atoms with E-state index in [2.05, 4.69) is 5.32 Å². The molecule has 37 heavy (non-hydrogen) atoms. The van der Waals surface area contributed by atoms with E-state index in [0.29, 0.717) is 24.3 Å². The van der Waals surface area contributed by atoms with Gasteiger partial charge in [0, 0.05) is 25.6 Å². The van der Waals surface area contributed by atoms with Gasteiger partial charge in [-0.25, -0.2) is 8.42 Å². The predicted molar refractivity (Wildman–Crippen MR) is 146 cm³/mol. The second-order valence-electron chi connectivity index (χ2n) is 9.56. The maximum Gasteiger partial charge on any atom is 0.243 e. The van der Waals surface area contributed by atoms with Gasteiger partial charge in [-0.15, -0.1) is 0 Å². The summed E-state index contributed by atoms with van der Waals surface area (Å²) in [7, 11) is -1.92. The lowest BCUT2D eigenvalue weighted by molar-refractivity contribution is -0.141. The number of benzene rings is 2. The van der Waals surface area contributed by atoms with Crippen molar-refractivity contribution in [1.82, 2.24) is 10.2 Å². The first-order valence-electron chi connectivity index (χ1n) is 13.0. The number of methoxy groups -OCH3 is 1. The van der Waals surface area contributed by atoms with Crippen LogP contribution in [0.1, 0.15) is 57.4 Å². The van der Waals surface area contributed by atoms with Gasteiger partial charge in [0.1, 0.15) is 11.8 Å². The molecule has 1 aliphatic carbocycles. The van der Waals surface area contributed by atoms with Gasteiger partial charge in [0.2, 0.25) is 21.8 Å². The molecule has 0 radical (unpaired) electrons. The molecule has 1 unspecified atom stereocenters. The molecule has 2 aromatic rings. The lowest BCUT2D eigenvalue weighted by atomic mass is 10.1. The van der Waals surface area contributed by atoms with E-state index in [4.69, 9.17) is 4.74 Å². The molecule has 0 saturated heterocycles. The second-order valence-corrected chi connectivity index (χ2v) is 11.5. The fourth-order valence-corrected chi connectivity index (χ4v) is 5.82. The van der Waals surface area contributed by atoms with Crippen molar-refractivity contribution in [2.75, 3.05) is 24.2 Å². The third kappa shape index (κ3) is 8.21. The Morgan fingerprint density at radius 2 is 1.78 bits per heavy atom. The Morgan fingerprint density at radius 1 is 1.08 bits per heavy atom. The van der Waals surface area contributed by atoms with Gasteiger partial charge in [-0.1, -0.05) is 50.1 Å². The summed E-state index contributed by atoms with van der Waals surface area (Å²) in [6.45, 7) is 2.35. The first-order valence-corrected chi connectivity index (χ1v) is 14.8. The van der Waals surface area contributed by atoms with Crippen molar-refractivity contribution in [3.63, 3.8) is 0 Å². The van der Waals surface area contributed by atoms with Crippen molar-refractivity contribution in [2.24, 2.45) is 0 Å². The van der Waals surface area contributed by atoms with Crippen molar-refractivity contribution in [2.45, 2.75) is 70.5 Å². The molecule has 2 amide bonds. The zero-order valence-corrected chi connectivity index (χ0v) is 22.9. The normalized spacial score (nSPS) is 14.7. The molecule has 1 aliphatic rings. The molecule has 8 nitrogen and oxygen atoms in total. The molecule has 202 valence electrons. The van der Waals surface area contributed by atoms with E-state index >= 15 is 0 Å². The summed E-state index contributed by atoms with van der Waals surface area (Å²) >= 11 is 0. The van der Waals surface area contributed by atoms with Crippen molar-refractivity contribution < 1.29 is 22.7 Å². The molecule has 9 heteroatoms. The number of carbonyl (C=O) groups is 2. The highest BCUT2D eigenvalue weighted by atomic mass is 32.2. The number of rotatable bonds is 13. The third-order valence-corrected chi connectivity index (χ3v) is 7.96. The number of sulfonamides is 1. The lowest BCUT2D eigenvalue weighted by Crippen LogP contribution is -2.51. The van der Waals surface area contributed by atoms with Gasteiger partial charge in [-0.2, -0.15) is 0 Å². The highest BCUT2D eigenvalue weighted by molar-refractivity contribution is 7.92. The average Bonchev–Trinajstić information content (AvgIpc) is 3.39. The maximum absolute atomic E-state index is 13.6. The minimum atomic E-state index is -3.51. The Balaban J connectivity index is 1.76. The van der Waals surface area contributed by atoms with Gasteiger partial charge >= 0.3 is 0 Å². The second kappa shape index (κ2) is 13.5. The average molecular weight is 530 g/mol.